The van der Waals surface area contributed by atoms with Crippen LogP contribution in [-0.4, -0.2) is 37.9 Å². The number of rotatable bonds is 4. The molecule has 1 aliphatic heterocycles. The molecule has 0 unspecified atom stereocenters. The van der Waals surface area contributed by atoms with Crippen LogP contribution < -0.4 is 0 Å². The van der Waals surface area contributed by atoms with E-state index in [4.69, 9.17) is 0 Å². The largest absolute Gasteiger partial charge is 0.337 e. The Morgan fingerprint density at radius 2 is 2.07 bits per heavy atom. The van der Waals surface area contributed by atoms with Crippen molar-refractivity contribution in [1.29, 1.82) is 0 Å². The van der Waals surface area contributed by atoms with Crippen molar-refractivity contribution in [2.24, 2.45) is 0 Å². The second-order valence-corrected chi connectivity index (χ2v) is 8.82. The number of hydrogen-bond donors (Lipinski definition) is 0. The third-order valence-corrected chi connectivity index (χ3v) is 6.82. The van der Waals surface area contributed by atoms with Gasteiger partial charge < -0.3 is 4.90 Å². The SMILES string of the molecule is Cc1ccc(C)c(-n2c(C)nnc2SCC(=O)N2CCc3sccc3C2)c1. The van der Waals surface area contributed by atoms with E-state index in [-0.39, 0.29) is 5.91 Å². The van der Waals surface area contributed by atoms with E-state index >= 15 is 0 Å². The summed E-state index contributed by atoms with van der Waals surface area (Å²) in [7, 11) is 0. The number of aryl methyl sites for hydroxylation is 3. The van der Waals surface area contributed by atoms with Gasteiger partial charge in [-0.05, 0) is 61.4 Å². The molecule has 3 aromatic rings. The summed E-state index contributed by atoms with van der Waals surface area (Å²) in [5, 5.41) is 11.4. The first-order valence-electron chi connectivity index (χ1n) is 8.98. The zero-order chi connectivity index (χ0) is 19.0. The smallest absolute Gasteiger partial charge is 0.233 e. The molecule has 0 bridgehead atoms. The Hall–Kier alpha value is -2.12. The molecule has 0 atom stereocenters. The highest BCUT2D eigenvalue weighted by molar-refractivity contribution is 7.99. The molecule has 5 nitrogen and oxygen atoms in total. The van der Waals surface area contributed by atoms with Crippen LogP contribution in [0, 0.1) is 20.8 Å². The Bertz CT molecular complexity index is 992. The minimum Gasteiger partial charge on any atom is -0.337 e. The number of aromatic nitrogens is 3. The Kier molecular flexibility index (Phi) is 5.06. The molecule has 7 heteroatoms. The number of carbonyl (C=O) groups is 1. The predicted molar refractivity (Wildman–Crippen MR) is 110 cm³/mol. The van der Waals surface area contributed by atoms with Gasteiger partial charge in [0.1, 0.15) is 5.82 Å². The molecule has 1 aliphatic rings. The van der Waals surface area contributed by atoms with E-state index in [2.05, 4.69) is 53.7 Å². The molecule has 3 heterocycles. The van der Waals surface area contributed by atoms with Crippen LogP contribution in [0.25, 0.3) is 5.69 Å². The number of carbonyl (C=O) groups excluding carboxylic acids is 1. The number of thiophene rings is 1. The van der Waals surface area contributed by atoms with Gasteiger partial charge in [-0.2, -0.15) is 0 Å². The van der Waals surface area contributed by atoms with E-state index in [1.54, 1.807) is 11.3 Å². The first-order valence-corrected chi connectivity index (χ1v) is 10.8. The number of nitrogens with zero attached hydrogens (tertiary/aromatic N) is 4. The molecule has 0 saturated carbocycles. The van der Waals surface area contributed by atoms with E-state index in [1.807, 2.05) is 16.4 Å². The lowest BCUT2D eigenvalue weighted by molar-refractivity contribution is -0.129. The molecule has 2 aromatic heterocycles. The summed E-state index contributed by atoms with van der Waals surface area (Å²) in [5.41, 5.74) is 4.72. The van der Waals surface area contributed by atoms with Crippen LogP contribution in [0.5, 0.6) is 0 Å². The molecule has 4 rings (SSSR count). The Morgan fingerprint density at radius 3 is 2.93 bits per heavy atom. The van der Waals surface area contributed by atoms with Crippen LogP contribution in [0.15, 0.2) is 34.8 Å². The normalized spacial score (nSPS) is 13.7. The highest BCUT2D eigenvalue weighted by Gasteiger charge is 2.22. The summed E-state index contributed by atoms with van der Waals surface area (Å²) in [6.45, 7) is 7.63. The molecule has 0 aliphatic carbocycles. The molecule has 0 saturated heterocycles. The highest BCUT2D eigenvalue weighted by Crippen LogP contribution is 2.27. The quantitative estimate of drug-likeness (QED) is 0.625. The summed E-state index contributed by atoms with van der Waals surface area (Å²) in [5.74, 6) is 1.37. The lowest BCUT2D eigenvalue weighted by Gasteiger charge is -2.26. The Morgan fingerprint density at radius 1 is 1.22 bits per heavy atom. The number of fused-ring (bicyclic) bond motifs is 1. The van der Waals surface area contributed by atoms with Gasteiger partial charge in [0.2, 0.25) is 5.91 Å². The summed E-state index contributed by atoms with van der Waals surface area (Å²) >= 11 is 3.25. The van der Waals surface area contributed by atoms with E-state index in [0.717, 1.165) is 41.7 Å². The van der Waals surface area contributed by atoms with Crippen LogP contribution in [0.1, 0.15) is 27.4 Å². The van der Waals surface area contributed by atoms with Crippen molar-refractivity contribution in [3.05, 3.63) is 57.0 Å². The third-order valence-electron chi connectivity index (χ3n) is 4.89. The maximum Gasteiger partial charge on any atom is 0.233 e. The van der Waals surface area contributed by atoms with Crippen LogP contribution in [0.4, 0.5) is 0 Å². The third kappa shape index (κ3) is 3.66. The molecular formula is C20H22N4OS2. The zero-order valence-electron chi connectivity index (χ0n) is 15.7. The maximum atomic E-state index is 12.7. The fraction of sp³-hybridized carbons (Fsp3) is 0.350. The first-order chi connectivity index (χ1) is 13.0. The van der Waals surface area contributed by atoms with E-state index < -0.39 is 0 Å². The van der Waals surface area contributed by atoms with Crippen molar-refractivity contribution in [3.63, 3.8) is 0 Å². The van der Waals surface area contributed by atoms with Crippen molar-refractivity contribution in [2.45, 2.75) is 38.9 Å². The minimum absolute atomic E-state index is 0.157. The van der Waals surface area contributed by atoms with Gasteiger partial charge in [0.05, 0.1) is 11.4 Å². The second kappa shape index (κ2) is 7.48. The van der Waals surface area contributed by atoms with Crippen molar-refractivity contribution in [3.8, 4) is 5.69 Å². The van der Waals surface area contributed by atoms with Gasteiger partial charge >= 0.3 is 0 Å². The van der Waals surface area contributed by atoms with Gasteiger partial charge in [-0.1, -0.05) is 23.9 Å². The fourth-order valence-corrected chi connectivity index (χ4v) is 5.14. The molecule has 1 amide bonds. The van der Waals surface area contributed by atoms with E-state index in [9.17, 15) is 4.79 Å². The second-order valence-electron chi connectivity index (χ2n) is 6.88. The van der Waals surface area contributed by atoms with Crippen LogP contribution in [-0.2, 0) is 17.8 Å². The summed E-state index contributed by atoms with van der Waals surface area (Å²) in [6.07, 6.45) is 0.960. The van der Waals surface area contributed by atoms with Gasteiger partial charge in [-0.3, -0.25) is 9.36 Å². The van der Waals surface area contributed by atoms with E-state index in [0.29, 0.717) is 5.75 Å². The average molecular weight is 399 g/mol. The minimum atomic E-state index is 0.157. The standard InChI is InChI=1S/C20H22N4OS2/c1-13-4-5-14(2)17(10-13)24-15(3)21-22-20(24)27-12-19(25)23-8-6-18-16(11-23)7-9-26-18/h4-5,7,9-10H,6,8,11-12H2,1-3H3. The topological polar surface area (TPSA) is 51.0 Å². The summed E-state index contributed by atoms with van der Waals surface area (Å²) in [6, 6.07) is 8.48. The van der Waals surface area contributed by atoms with Gasteiger partial charge in [0.15, 0.2) is 5.16 Å². The van der Waals surface area contributed by atoms with Crippen molar-refractivity contribution in [2.75, 3.05) is 12.3 Å². The molecule has 0 spiro atoms. The number of amides is 1. The van der Waals surface area contributed by atoms with Crippen molar-refractivity contribution < 1.29 is 4.79 Å². The summed E-state index contributed by atoms with van der Waals surface area (Å²) < 4.78 is 2.05. The molecule has 140 valence electrons. The molecule has 0 radical (unpaired) electrons. The van der Waals surface area contributed by atoms with Gasteiger partial charge in [0.25, 0.3) is 0 Å². The Labute approximate surface area is 167 Å². The van der Waals surface area contributed by atoms with Crippen molar-refractivity contribution in [1.82, 2.24) is 19.7 Å². The van der Waals surface area contributed by atoms with Crippen LogP contribution in [0.3, 0.4) is 0 Å². The summed E-state index contributed by atoms with van der Waals surface area (Å²) in [4.78, 5) is 16.1. The molecule has 1 aromatic carbocycles. The van der Waals surface area contributed by atoms with Gasteiger partial charge in [-0.25, -0.2) is 0 Å². The first kappa shape index (κ1) is 18.3. The van der Waals surface area contributed by atoms with Gasteiger partial charge in [-0.15, -0.1) is 21.5 Å². The lowest BCUT2D eigenvalue weighted by atomic mass is 10.1. The van der Waals surface area contributed by atoms with Crippen LogP contribution in [0.2, 0.25) is 0 Å². The average Bonchev–Trinajstić information content (AvgIpc) is 3.27. The highest BCUT2D eigenvalue weighted by atomic mass is 32.2. The number of benzene rings is 1. The zero-order valence-corrected chi connectivity index (χ0v) is 17.4. The molecular weight excluding hydrogens is 376 g/mol. The van der Waals surface area contributed by atoms with Crippen molar-refractivity contribution >= 4 is 29.0 Å². The molecule has 27 heavy (non-hydrogen) atoms. The Balaban J connectivity index is 1.50. The molecule has 0 fully saturated rings. The number of thioether (sulfide) groups is 1. The number of hydrogen-bond acceptors (Lipinski definition) is 5. The fourth-order valence-electron chi connectivity index (χ4n) is 3.35. The van der Waals surface area contributed by atoms with Gasteiger partial charge in [0, 0.05) is 18.0 Å². The van der Waals surface area contributed by atoms with E-state index in [1.165, 1.54) is 27.8 Å². The monoisotopic (exact) mass is 398 g/mol. The maximum absolute atomic E-state index is 12.7. The predicted octanol–water partition coefficient (Wildman–Crippen LogP) is 3.93. The van der Waals surface area contributed by atoms with Crippen LogP contribution >= 0.6 is 23.1 Å². The molecule has 0 N–H and O–H groups in total. The lowest BCUT2D eigenvalue weighted by Crippen LogP contribution is -2.36.